The fourth-order valence-electron chi connectivity index (χ4n) is 4.66. The number of rotatable bonds is 7. The van der Waals surface area contributed by atoms with Gasteiger partial charge in [0.2, 0.25) is 5.91 Å². The average molecular weight is 652 g/mol. The molecule has 0 spiro atoms. The summed E-state index contributed by atoms with van der Waals surface area (Å²) >= 11 is 0.691. The summed E-state index contributed by atoms with van der Waals surface area (Å²) < 4.78 is 70.9. The third kappa shape index (κ3) is 8.68. The summed E-state index contributed by atoms with van der Waals surface area (Å²) in [5, 5.41) is 10.7. The smallest absolute Gasteiger partial charge is 0.475 e. The number of carboxylic acid groups (broad SMARTS) is 1. The Morgan fingerprint density at radius 1 is 1.16 bits per heavy atom. The van der Waals surface area contributed by atoms with E-state index < -0.39 is 41.4 Å². The number of halogens is 6. The van der Waals surface area contributed by atoms with Crippen LogP contribution in [-0.2, 0) is 27.1 Å². The summed E-state index contributed by atoms with van der Waals surface area (Å²) in [4.78, 5) is 56.2. The maximum atomic E-state index is 13.2. The molecule has 44 heavy (non-hydrogen) atoms. The molecule has 2 aromatic heterocycles. The van der Waals surface area contributed by atoms with Gasteiger partial charge in [-0.05, 0) is 62.9 Å². The van der Waals surface area contributed by atoms with Gasteiger partial charge in [0.25, 0.3) is 5.91 Å². The molecular weight excluding hydrogens is 620 g/mol. The minimum Gasteiger partial charge on any atom is -0.475 e. The molecule has 0 aromatic carbocycles. The van der Waals surface area contributed by atoms with Crippen molar-refractivity contribution in [3.63, 3.8) is 0 Å². The number of likely N-dealkylation sites (tertiary alicyclic amines) is 1. The summed E-state index contributed by atoms with van der Waals surface area (Å²) in [5.74, 6) is -2.58. The molecule has 17 heteroatoms. The number of nitrogens with zero attached hydrogens (tertiary/aromatic N) is 4. The van der Waals surface area contributed by atoms with Crippen LogP contribution in [0.1, 0.15) is 51.2 Å². The second-order valence-corrected chi connectivity index (χ2v) is 11.8. The number of piperidine rings is 1. The van der Waals surface area contributed by atoms with Crippen molar-refractivity contribution >= 4 is 46.0 Å². The maximum absolute atomic E-state index is 13.2. The predicted octanol–water partition coefficient (Wildman–Crippen LogP) is 5.60. The van der Waals surface area contributed by atoms with Gasteiger partial charge in [0.15, 0.2) is 0 Å². The van der Waals surface area contributed by atoms with E-state index >= 15 is 0 Å². The lowest BCUT2D eigenvalue weighted by Gasteiger charge is -2.30. The van der Waals surface area contributed by atoms with Gasteiger partial charge >= 0.3 is 24.4 Å². The van der Waals surface area contributed by atoms with Gasteiger partial charge in [-0.1, -0.05) is 6.92 Å². The number of aromatic nitrogens is 1. The standard InChI is InChI=1S/C25H30F3N5O3S.C2HF3O2/c1-16-5-4-9-31(13-16)10-7-20(34)30-19-11-17(6-8-29-19)14-32-23(36)33(22(35)24(32,2)3)21-12-18(15-37-21)25(26,27)28;3-2(4,5)1(6)7/h6,8,11-12,15-16H,4-5,7,9-10,13-14H2,1-3H3,(H,29,30,34);(H,6,7). The zero-order chi connectivity index (χ0) is 33.0. The SMILES string of the molecule is CC1CCCN(CCC(=O)Nc2cc(CN3C(=O)N(c4cc(C(F)(F)F)cs4)C(=O)C3(C)C)ccn2)C1.O=C(O)C(F)(F)F. The van der Waals surface area contributed by atoms with Gasteiger partial charge in [0.1, 0.15) is 16.4 Å². The van der Waals surface area contributed by atoms with E-state index in [0.717, 1.165) is 35.9 Å². The van der Waals surface area contributed by atoms with Gasteiger partial charge in [-0.2, -0.15) is 26.3 Å². The molecule has 1 unspecified atom stereocenters. The Morgan fingerprint density at radius 2 is 1.82 bits per heavy atom. The first-order valence-electron chi connectivity index (χ1n) is 13.4. The number of anilines is 2. The van der Waals surface area contributed by atoms with E-state index in [1.54, 1.807) is 26.0 Å². The number of hydrogen-bond acceptors (Lipinski definition) is 7. The molecule has 242 valence electrons. The number of amides is 4. The number of urea groups is 1. The van der Waals surface area contributed by atoms with Crippen molar-refractivity contribution in [2.45, 2.75) is 64.5 Å². The van der Waals surface area contributed by atoms with Crippen molar-refractivity contribution < 1.29 is 50.6 Å². The van der Waals surface area contributed by atoms with Crippen molar-refractivity contribution in [2.75, 3.05) is 29.9 Å². The summed E-state index contributed by atoms with van der Waals surface area (Å²) in [6.45, 7) is 7.98. The van der Waals surface area contributed by atoms with Crippen LogP contribution in [0.5, 0.6) is 0 Å². The molecule has 4 rings (SSSR count). The molecule has 0 aliphatic carbocycles. The topological polar surface area (TPSA) is 123 Å². The normalized spacial score (nSPS) is 19.1. The molecule has 0 saturated carbocycles. The minimum atomic E-state index is -5.08. The van der Waals surface area contributed by atoms with E-state index in [2.05, 4.69) is 22.1 Å². The molecule has 2 N–H and O–H groups in total. The highest BCUT2D eigenvalue weighted by atomic mass is 32.1. The average Bonchev–Trinajstić information content (AvgIpc) is 3.46. The van der Waals surface area contributed by atoms with Crippen LogP contribution in [0.3, 0.4) is 0 Å². The van der Waals surface area contributed by atoms with Gasteiger partial charge in [-0.15, -0.1) is 11.3 Å². The third-order valence-electron chi connectivity index (χ3n) is 7.03. The Morgan fingerprint density at radius 3 is 2.39 bits per heavy atom. The highest BCUT2D eigenvalue weighted by molar-refractivity contribution is 7.14. The molecule has 0 bridgehead atoms. The summed E-state index contributed by atoms with van der Waals surface area (Å²) in [5.41, 5.74) is -1.57. The monoisotopic (exact) mass is 651 g/mol. The number of alkyl halides is 6. The van der Waals surface area contributed by atoms with Crippen molar-refractivity contribution in [3.8, 4) is 0 Å². The lowest BCUT2D eigenvalue weighted by Crippen LogP contribution is -2.43. The fourth-order valence-corrected chi connectivity index (χ4v) is 5.58. The van der Waals surface area contributed by atoms with Crippen LogP contribution in [-0.4, -0.2) is 75.1 Å². The van der Waals surface area contributed by atoms with E-state index in [1.807, 2.05) is 0 Å². The highest BCUT2D eigenvalue weighted by Crippen LogP contribution is 2.40. The quantitative estimate of drug-likeness (QED) is 0.295. The summed E-state index contributed by atoms with van der Waals surface area (Å²) in [7, 11) is 0. The summed E-state index contributed by atoms with van der Waals surface area (Å²) in [6, 6.07) is 3.40. The summed E-state index contributed by atoms with van der Waals surface area (Å²) in [6.07, 6.45) is -5.48. The van der Waals surface area contributed by atoms with Gasteiger partial charge in [0, 0.05) is 37.6 Å². The van der Waals surface area contributed by atoms with Crippen LogP contribution < -0.4 is 10.2 Å². The number of carboxylic acids is 1. The van der Waals surface area contributed by atoms with E-state index in [1.165, 1.54) is 17.5 Å². The molecule has 2 fully saturated rings. The van der Waals surface area contributed by atoms with Crippen LogP contribution >= 0.6 is 11.3 Å². The number of carbonyl (C=O) groups is 4. The number of aliphatic carboxylic acids is 1. The lowest BCUT2D eigenvalue weighted by molar-refractivity contribution is -0.192. The van der Waals surface area contributed by atoms with Crippen molar-refractivity contribution in [1.82, 2.24) is 14.8 Å². The first kappa shape index (κ1) is 34.8. The first-order valence-corrected chi connectivity index (χ1v) is 14.3. The number of imide groups is 1. The number of thiophene rings is 1. The van der Waals surface area contributed by atoms with Crippen molar-refractivity contribution in [1.29, 1.82) is 0 Å². The minimum absolute atomic E-state index is 0.0165. The molecule has 2 aromatic rings. The van der Waals surface area contributed by atoms with Crippen molar-refractivity contribution in [2.24, 2.45) is 5.92 Å². The second kappa shape index (κ2) is 13.5. The van der Waals surface area contributed by atoms with E-state index in [4.69, 9.17) is 9.90 Å². The predicted molar refractivity (Wildman–Crippen MR) is 148 cm³/mol. The maximum Gasteiger partial charge on any atom is 0.490 e. The molecule has 1 atom stereocenters. The molecule has 0 radical (unpaired) electrons. The Labute approximate surface area is 252 Å². The van der Waals surface area contributed by atoms with Crippen LogP contribution in [0, 0.1) is 5.92 Å². The molecule has 4 heterocycles. The van der Waals surface area contributed by atoms with Gasteiger partial charge in [-0.25, -0.2) is 19.5 Å². The molecule has 4 amide bonds. The second-order valence-electron chi connectivity index (χ2n) is 10.9. The Hall–Kier alpha value is -3.73. The van der Waals surface area contributed by atoms with Crippen LogP contribution in [0.4, 0.5) is 42.0 Å². The molecule has 10 nitrogen and oxygen atoms in total. The third-order valence-corrected chi connectivity index (χ3v) is 7.94. The Kier molecular flexibility index (Phi) is 10.7. The zero-order valence-electron chi connectivity index (χ0n) is 24.0. The molecular formula is C27H31F6N5O5S. The number of hydrogen-bond donors (Lipinski definition) is 2. The zero-order valence-corrected chi connectivity index (χ0v) is 24.8. The molecule has 2 aliphatic heterocycles. The first-order chi connectivity index (χ1) is 20.3. The van der Waals surface area contributed by atoms with Crippen LogP contribution in [0.15, 0.2) is 29.8 Å². The van der Waals surface area contributed by atoms with Crippen LogP contribution in [0.2, 0.25) is 0 Å². The number of nitrogens with one attached hydrogen (secondary N) is 1. The van der Waals surface area contributed by atoms with Gasteiger partial charge < -0.3 is 20.2 Å². The van der Waals surface area contributed by atoms with Gasteiger partial charge in [-0.3, -0.25) is 9.59 Å². The highest BCUT2D eigenvalue weighted by Gasteiger charge is 2.52. The van der Waals surface area contributed by atoms with Crippen molar-refractivity contribution in [3.05, 3.63) is 40.9 Å². The van der Waals surface area contributed by atoms with Crippen LogP contribution in [0.25, 0.3) is 0 Å². The number of pyridine rings is 1. The molecule has 2 saturated heterocycles. The Balaban J connectivity index is 0.000000676. The lowest BCUT2D eigenvalue weighted by atomic mass is 10.0. The van der Waals surface area contributed by atoms with Gasteiger partial charge in [0.05, 0.1) is 5.56 Å². The van der Waals surface area contributed by atoms with E-state index in [0.29, 0.717) is 41.6 Å². The van der Waals surface area contributed by atoms with E-state index in [-0.39, 0.29) is 17.5 Å². The Bertz CT molecular complexity index is 1380. The van der Waals surface area contributed by atoms with E-state index in [9.17, 15) is 40.7 Å². The fraction of sp³-hybridized carbons (Fsp3) is 0.519. The molecule has 2 aliphatic rings. The largest absolute Gasteiger partial charge is 0.490 e. The number of carbonyl (C=O) groups excluding carboxylic acids is 3.